The van der Waals surface area contributed by atoms with E-state index >= 15 is 0 Å². The van der Waals surface area contributed by atoms with Gasteiger partial charge in [-0.3, -0.25) is 4.68 Å². The summed E-state index contributed by atoms with van der Waals surface area (Å²) in [6.45, 7) is 6.62. The minimum absolute atomic E-state index is 0.464. The fourth-order valence-corrected chi connectivity index (χ4v) is 2.35. The second-order valence-electron chi connectivity index (χ2n) is 5.43. The topological polar surface area (TPSA) is 29.9 Å². The number of hydrogen-bond donors (Lipinski definition) is 1. The summed E-state index contributed by atoms with van der Waals surface area (Å²) in [7, 11) is 2.05. The van der Waals surface area contributed by atoms with E-state index in [0.29, 0.717) is 17.5 Å². The van der Waals surface area contributed by atoms with Crippen LogP contribution in [0.25, 0.3) is 0 Å². The van der Waals surface area contributed by atoms with Crippen molar-refractivity contribution in [3.05, 3.63) is 18.0 Å². The van der Waals surface area contributed by atoms with Crippen LogP contribution in [-0.2, 0) is 6.42 Å². The molecule has 0 amide bonds. The Kier molecular flexibility index (Phi) is 3.06. The van der Waals surface area contributed by atoms with Crippen molar-refractivity contribution in [3.63, 3.8) is 0 Å². The van der Waals surface area contributed by atoms with E-state index in [9.17, 15) is 0 Å². The Bertz CT molecular complexity index is 350. The van der Waals surface area contributed by atoms with Crippen LogP contribution < -0.4 is 5.32 Å². The largest absolute Gasteiger partial charge is 0.317 e. The number of hydrogen-bond acceptors (Lipinski definition) is 2. The van der Waals surface area contributed by atoms with Crippen molar-refractivity contribution >= 4 is 0 Å². The van der Waals surface area contributed by atoms with Crippen molar-refractivity contribution in [2.24, 2.45) is 5.41 Å². The number of rotatable bonds is 5. The van der Waals surface area contributed by atoms with Crippen molar-refractivity contribution in [1.29, 1.82) is 0 Å². The predicted molar refractivity (Wildman–Crippen MR) is 66.5 cm³/mol. The van der Waals surface area contributed by atoms with Gasteiger partial charge in [-0.25, -0.2) is 0 Å². The monoisotopic (exact) mass is 221 g/mol. The molecule has 1 heterocycles. The lowest BCUT2D eigenvalue weighted by Crippen LogP contribution is -2.33. The summed E-state index contributed by atoms with van der Waals surface area (Å²) in [5.74, 6) is 0. The van der Waals surface area contributed by atoms with E-state index in [1.807, 2.05) is 0 Å². The summed E-state index contributed by atoms with van der Waals surface area (Å²) in [6.07, 6.45) is 5.89. The first kappa shape index (κ1) is 11.6. The molecule has 3 heteroatoms. The van der Waals surface area contributed by atoms with Gasteiger partial charge in [0.25, 0.3) is 0 Å². The third-order valence-electron chi connectivity index (χ3n) is 3.97. The Morgan fingerprint density at radius 3 is 2.56 bits per heavy atom. The van der Waals surface area contributed by atoms with Crippen LogP contribution in [0.2, 0.25) is 0 Å². The Morgan fingerprint density at radius 2 is 2.12 bits per heavy atom. The maximum atomic E-state index is 4.64. The maximum Gasteiger partial charge on any atom is 0.0630 e. The molecule has 1 N–H and O–H groups in total. The van der Waals surface area contributed by atoms with Gasteiger partial charge in [0.15, 0.2) is 0 Å². The van der Waals surface area contributed by atoms with Crippen molar-refractivity contribution in [2.75, 3.05) is 7.05 Å². The molecule has 1 atom stereocenters. The molecular formula is C13H23N3. The summed E-state index contributed by atoms with van der Waals surface area (Å²) in [6, 6.07) is 3.23. The lowest BCUT2D eigenvalue weighted by Gasteiger charge is -2.21. The molecule has 1 saturated carbocycles. The van der Waals surface area contributed by atoms with Crippen LogP contribution in [0.1, 0.15) is 45.3 Å². The molecule has 0 spiro atoms. The summed E-state index contributed by atoms with van der Waals surface area (Å²) >= 11 is 0. The second kappa shape index (κ2) is 4.21. The van der Waals surface area contributed by atoms with Crippen LogP contribution in [0.4, 0.5) is 0 Å². The van der Waals surface area contributed by atoms with Crippen molar-refractivity contribution in [2.45, 2.75) is 52.1 Å². The van der Waals surface area contributed by atoms with E-state index in [4.69, 9.17) is 0 Å². The van der Waals surface area contributed by atoms with Gasteiger partial charge in [0.1, 0.15) is 0 Å². The van der Waals surface area contributed by atoms with Crippen LogP contribution in [0.5, 0.6) is 0 Å². The summed E-state index contributed by atoms with van der Waals surface area (Å²) in [5, 5.41) is 8.02. The van der Waals surface area contributed by atoms with Crippen LogP contribution >= 0.6 is 0 Å². The fraction of sp³-hybridized carbons (Fsp3) is 0.769. The van der Waals surface area contributed by atoms with E-state index in [0.717, 1.165) is 6.42 Å². The average Bonchev–Trinajstić information content (AvgIpc) is 2.87. The van der Waals surface area contributed by atoms with E-state index in [2.05, 4.69) is 55.2 Å². The standard InChI is InChI=1S/C13H23N3/c1-10(2)16-8-5-12(15-16)9-13(6-7-13)11(3)14-4/h5,8,10-11,14H,6-7,9H2,1-4H3. The van der Waals surface area contributed by atoms with Gasteiger partial charge in [0.2, 0.25) is 0 Å². The molecule has 0 radical (unpaired) electrons. The first-order valence-electron chi connectivity index (χ1n) is 6.29. The van der Waals surface area contributed by atoms with Crippen molar-refractivity contribution in [1.82, 2.24) is 15.1 Å². The van der Waals surface area contributed by atoms with Gasteiger partial charge in [0.05, 0.1) is 5.69 Å². The molecule has 0 bridgehead atoms. The van der Waals surface area contributed by atoms with E-state index < -0.39 is 0 Å². The Hall–Kier alpha value is -0.830. The van der Waals surface area contributed by atoms with Crippen LogP contribution in [0.3, 0.4) is 0 Å². The molecule has 0 aliphatic heterocycles. The normalized spacial score (nSPS) is 20.1. The quantitative estimate of drug-likeness (QED) is 0.827. The molecule has 1 aromatic heterocycles. The first-order valence-corrected chi connectivity index (χ1v) is 6.29. The van der Waals surface area contributed by atoms with Crippen LogP contribution in [0.15, 0.2) is 12.3 Å². The van der Waals surface area contributed by atoms with E-state index in [-0.39, 0.29) is 0 Å². The Labute approximate surface area is 98.2 Å². The molecular weight excluding hydrogens is 198 g/mol. The minimum atomic E-state index is 0.464. The zero-order valence-corrected chi connectivity index (χ0v) is 10.8. The zero-order valence-electron chi connectivity index (χ0n) is 10.8. The summed E-state index contributed by atoms with van der Waals surface area (Å²) in [5.41, 5.74) is 1.72. The van der Waals surface area contributed by atoms with Gasteiger partial charge in [-0.15, -0.1) is 0 Å². The highest BCUT2D eigenvalue weighted by Crippen LogP contribution is 2.50. The van der Waals surface area contributed by atoms with Crippen molar-refractivity contribution in [3.8, 4) is 0 Å². The lowest BCUT2D eigenvalue weighted by molar-refractivity contribution is 0.364. The van der Waals surface area contributed by atoms with Crippen LogP contribution in [0, 0.1) is 5.41 Å². The lowest BCUT2D eigenvalue weighted by atomic mass is 9.92. The molecule has 16 heavy (non-hydrogen) atoms. The number of nitrogens with zero attached hydrogens (tertiary/aromatic N) is 2. The smallest absolute Gasteiger partial charge is 0.0630 e. The number of nitrogens with one attached hydrogen (secondary N) is 1. The predicted octanol–water partition coefficient (Wildman–Crippen LogP) is 2.39. The van der Waals surface area contributed by atoms with Crippen LogP contribution in [-0.4, -0.2) is 22.9 Å². The fourth-order valence-electron chi connectivity index (χ4n) is 2.35. The first-order chi connectivity index (χ1) is 7.57. The zero-order chi connectivity index (χ0) is 11.8. The van der Waals surface area contributed by atoms with Gasteiger partial charge in [-0.1, -0.05) is 0 Å². The van der Waals surface area contributed by atoms with Gasteiger partial charge in [-0.05, 0) is 58.6 Å². The highest BCUT2D eigenvalue weighted by molar-refractivity contribution is 5.11. The average molecular weight is 221 g/mol. The Morgan fingerprint density at radius 1 is 1.44 bits per heavy atom. The third kappa shape index (κ3) is 2.14. The number of aromatic nitrogens is 2. The van der Waals surface area contributed by atoms with Gasteiger partial charge in [-0.2, -0.15) is 5.10 Å². The highest BCUT2D eigenvalue weighted by atomic mass is 15.3. The molecule has 2 rings (SSSR count). The summed E-state index contributed by atoms with van der Waals surface area (Å²) < 4.78 is 2.05. The highest BCUT2D eigenvalue weighted by Gasteiger charge is 2.47. The maximum absolute atomic E-state index is 4.64. The molecule has 90 valence electrons. The molecule has 3 nitrogen and oxygen atoms in total. The van der Waals surface area contributed by atoms with E-state index in [1.54, 1.807) is 0 Å². The minimum Gasteiger partial charge on any atom is -0.317 e. The molecule has 1 aliphatic carbocycles. The Balaban J connectivity index is 2.04. The van der Waals surface area contributed by atoms with Gasteiger partial charge >= 0.3 is 0 Å². The third-order valence-corrected chi connectivity index (χ3v) is 3.97. The molecule has 1 unspecified atom stereocenters. The molecule has 0 saturated heterocycles. The molecule has 1 aromatic rings. The summed E-state index contributed by atoms with van der Waals surface area (Å²) in [4.78, 5) is 0. The SMILES string of the molecule is CNC(C)C1(Cc2ccn(C(C)C)n2)CC1. The molecule has 1 fully saturated rings. The van der Waals surface area contributed by atoms with E-state index in [1.165, 1.54) is 18.5 Å². The van der Waals surface area contributed by atoms with Gasteiger partial charge in [0, 0.05) is 18.3 Å². The molecule has 1 aliphatic rings. The van der Waals surface area contributed by atoms with Crippen molar-refractivity contribution < 1.29 is 0 Å². The molecule has 0 aromatic carbocycles. The second-order valence-corrected chi connectivity index (χ2v) is 5.43. The van der Waals surface area contributed by atoms with Gasteiger partial charge < -0.3 is 5.32 Å².